The number of carboxylic acids is 3. The smallest absolute Gasteiger partial charge is 0.408 e. The van der Waals surface area contributed by atoms with Crippen LogP contribution in [0.4, 0.5) is 4.79 Å². The van der Waals surface area contributed by atoms with Crippen LogP contribution >= 0.6 is 0 Å². The van der Waals surface area contributed by atoms with Crippen LogP contribution < -0.4 is 5.32 Å². The van der Waals surface area contributed by atoms with E-state index in [2.05, 4.69) is 18.6 Å². The van der Waals surface area contributed by atoms with Gasteiger partial charge >= 0.3 is 24.0 Å². The van der Waals surface area contributed by atoms with Crippen LogP contribution in [-0.4, -0.2) is 52.0 Å². The number of hydrogen-bond donors (Lipinski definition) is 4. The Bertz CT molecular complexity index is 353. The molecule has 4 N–H and O–H groups in total. The fourth-order valence-corrected chi connectivity index (χ4v) is 0.806. The van der Waals surface area contributed by atoms with Gasteiger partial charge < -0.3 is 25.4 Å². The molecule has 0 aromatic heterocycles. The van der Waals surface area contributed by atoms with E-state index >= 15 is 0 Å². The van der Waals surface area contributed by atoms with Gasteiger partial charge in [0.1, 0.15) is 6.54 Å². The van der Waals surface area contributed by atoms with Crippen LogP contribution in [0.25, 0.3) is 0 Å². The number of carbonyl (C=O) groups excluding carboxylic acids is 1. The SMILES string of the molecule is CCCC.O=C(O)CCC(OC(=O)NCC(=O)O)C(=O)O. The maximum absolute atomic E-state index is 10.9. The first-order valence-corrected chi connectivity index (χ1v) is 6.35. The van der Waals surface area contributed by atoms with Crippen molar-refractivity contribution in [3.63, 3.8) is 0 Å². The van der Waals surface area contributed by atoms with Crippen LogP contribution in [0.2, 0.25) is 0 Å². The highest BCUT2D eigenvalue weighted by Gasteiger charge is 2.23. The van der Waals surface area contributed by atoms with Gasteiger partial charge in [0.25, 0.3) is 0 Å². The van der Waals surface area contributed by atoms with E-state index < -0.39 is 49.5 Å². The minimum absolute atomic E-state index is 0.398. The normalized spacial score (nSPS) is 10.6. The van der Waals surface area contributed by atoms with Crippen LogP contribution in [0.5, 0.6) is 0 Å². The number of carbonyl (C=O) groups is 4. The highest BCUT2D eigenvalue weighted by atomic mass is 16.6. The molecule has 0 saturated carbocycles. The van der Waals surface area contributed by atoms with E-state index in [0.29, 0.717) is 0 Å². The molecule has 0 saturated heterocycles. The van der Waals surface area contributed by atoms with Gasteiger partial charge in [-0.25, -0.2) is 9.59 Å². The molecule has 0 heterocycles. The van der Waals surface area contributed by atoms with Crippen molar-refractivity contribution in [1.82, 2.24) is 5.32 Å². The van der Waals surface area contributed by atoms with Crippen molar-refractivity contribution in [1.29, 1.82) is 0 Å². The van der Waals surface area contributed by atoms with Crippen LogP contribution in [0.3, 0.4) is 0 Å². The van der Waals surface area contributed by atoms with Crippen LogP contribution in [0.15, 0.2) is 0 Å². The summed E-state index contributed by atoms with van der Waals surface area (Å²) in [5.74, 6) is -4.05. The third-order valence-electron chi connectivity index (χ3n) is 2.03. The Morgan fingerprint density at radius 2 is 1.52 bits per heavy atom. The maximum atomic E-state index is 10.9. The van der Waals surface area contributed by atoms with E-state index in [-0.39, 0.29) is 0 Å². The van der Waals surface area contributed by atoms with Gasteiger partial charge in [0.15, 0.2) is 0 Å². The molecular formula is C12H21NO8. The molecular weight excluding hydrogens is 286 g/mol. The van der Waals surface area contributed by atoms with E-state index in [1.807, 2.05) is 0 Å². The zero-order valence-electron chi connectivity index (χ0n) is 12.0. The Balaban J connectivity index is 0. The zero-order valence-corrected chi connectivity index (χ0v) is 12.0. The van der Waals surface area contributed by atoms with Crippen LogP contribution in [0, 0.1) is 0 Å². The number of amides is 1. The van der Waals surface area contributed by atoms with Crippen molar-refractivity contribution in [3.8, 4) is 0 Å². The highest BCUT2D eigenvalue weighted by Crippen LogP contribution is 2.03. The van der Waals surface area contributed by atoms with E-state index in [4.69, 9.17) is 15.3 Å². The predicted octanol–water partition coefficient (Wildman–Crippen LogP) is 0.922. The number of hydrogen-bond acceptors (Lipinski definition) is 5. The number of ether oxygens (including phenoxy) is 1. The summed E-state index contributed by atoms with van der Waals surface area (Å²) < 4.78 is 4.34. The van der Waals surface area contributed by atoms with E-state index in [1.54, 1.807) is 5.32 Å². The largest absolute Gasteiger partial charge is 0.481 e. The molecule has 0 radical (unpaired) electrons. The number of carboxylic acid groups (broad SMARTS) is 3. The lowest BCUT2D eigenvalue weighted by atomic mass is 10.2. The molecule has 0 aliphatic carbocycles. The minimum Gasteiger partial charge on any atom is -0.481 e. The summed E-state index contributed by atoms with van der Waals surface area (Å²) in [5.41, 5.74) is 0. The molecule has 9 nitrogen and oxygen atoms in total. The summed E-state index contributed by atoms with van der Waals surface area (Å²) >= 11 is 0. The van der Waals surface area contributed by atoms with Crippen LogP contribution in [0.1, 0.15) is 39.5 Å². The second-order valence-corrected chi connectivity index (χ2v) is 3.91. The summed E-state index contributed by atoms with van der Waals surface area (Å²) in [7, 11) is 0. The van der Waals surface area contributed by atoms with Crippen molar-refractivity contribution in [2.75, 3.05) is 6.54 Å². The molecule has 122 valence electrons. The van der Waals surface area contributed by atoms with Crippen molar-refractivity contribution < 1.29 is 39.2 Å². The number of nitrogens with one attached hydrogen (secondary N) is 1. The zero-order chi connectivity index (χ0) is 16.8. The summed E-state index contributed by atoms with van der Waals surface area (Å²) in [6.07, 6.45) is -1.10. The monoisotopic (exact) mass is 307 g/mol. The molecule has 0 rings (SSSR count). The summed E-state index contributed by atoms with van der Waals surface area (Å²) in [5, 5.41) is 26.9. The number of alkyl carbamates (subject to hydrolysis) is 1. The molecule has 0 aliphatic rings. The number of unbranched alkanes of at least 4 members (excludes halogenated alkanes) is 1. The van der Waals surface area contributed by atoms with Crippen molar-refractivity contribution in [2.45, 2.75) is 45.6 Å². The lowest BCUT2D eigenvalue weighted by Crippen LogP contribution is -2.36. The van der Waals surface area contributed by atoms with E-state index in [9.17, 15) is 19.2 Å². The first kappa shape index (κ1) is 21.0. The molecule has 0 spiro atoms. The second kappa shape index (κ2) is 12.7. The van der Waals surface area contributed by atoms with Gasteiger partial charge in [0, 0.05) is 12.8 Å². The molecule has 21 heavy (non-hydrogen) atoms. The quantitative estimate of drug-likeness (QED) is 0.517. The Morgan fingerprint density at radius 1 is 1.00 bits per heavy atom. The predicted molar refractivity (Wildman–Crippen MR) is 71.0 cm³/mol. The fourth-order valence-electron chi connectivity index (χ4n) is 0.806. The third kappa shape index (κ3) is 15.6. The van der Waals surface area contributed by atoms with Gasteiger partial charge in [-0.15, -0.1) is 0 Å². The second-order valence-electron chi connectivity index (χ2n) is 3.91. The van der Waals surface area contributed by atoms with E-state index in [0.717, 1.165) is 0 Å². The molecule has 0 bridgehead atoms. The molecule has 9 heteroatoms. The minimum atomic E-state index is -1.63. The number of rotatable bonds is 8. The molecule has 0 aromatic rings. The van der Waals surface area contributed by atoms with Crippen molar-refractivity contribution in [3.05, 3.63) is 0 Å². The first-order valence-electron chi connectivity index (χ1n) is 6.35. The maximum Gasteiger partial charge on any atom is 0.408 e. The first-order chi connectivity index (χ1) is 9.74. The lowest BCUT2D eigenvalue weighted by Gasteiger charge is -2.12. The van der Waals surface area contributed by atoms with Gasteiger partial charge in [-0.05, 0) is 0 Å². The lowest BCUT2D eigenvalue weighted by molar-refractivity contribution is -0.148. The Morgan fingerprint density at radius 3 is 1.86 bits per heavy atom. The van der Waals surface area contributed by atoms with Crippen LogP contribution in [-0.2, 0) is 19.1 Å². The third-order valence-corrected chi connectivity index (χ3v) is 2.03. The average molecular weight is 307 g/mol. The summed E-state index contributed by atoms with van der Waals surface area (Å²) in [6, 6.07) is 0. The van der Waals surface area contributed by atoms with Gasteiger partial charge in [-0.3, -0.25) is 9.59 Å². The summed E-state index contributed by atoms with van der Waals surface area (Å²) in [6.45, 7) is 3.64. The van der Waals surface area contributed by atoms with Gasteiger partial charge in [-0.1, -0.05) is 26.7 Å². The van der Waals surface area contributed by atoms with Gasteiger partial charge in [-0.2, -0.15) is 0 Å². The average Bonchev–Trinajstić information content (AvgIpc) is 2.40. The molecule has 1 atom stereocenters. The molecule has 0 aliphatic heterocycles. The standard InChI is InChI=1S/C8H11NO8.C4H10/c10-5(11)2-1-4(7(14)15)17-8(16)9-3-6(12)13;1-3-4-2/h4H,1-3H2,(H,9,16)(H,10,11)(H,12,13)(H,14,15);3-4H2,1-2H3. The molecule has 1 unspecified atom stereocenters. The Hall–Kier alpha value is -2.32. The topological polar surface area (TPSA) is 150 Å². The fraction of sp³-hybridized carbons (Fsp3) is 0.667. The summed E-state index contributed by atoms with van der Waals surface area (Å²) in [4.78, 5) is 41.7. The van der Waals surface area contributed by atoms with Crippen molar-refractivity contribution >= 4 is 24.0 Å². The molecule has 0 aromatic carbocycles. The van der Waals surface area contributed by atoms with E-state index in [1.165, 1.54) is 12.8 Å². The molecule has 1 amide bonds. The Kier molecular flexibility index (Phi) is 12.7. The van der Waals surface area contributed by atoms with Gasteiger partial charge in [0.05, 0.1) is 0 Å². The Labute approximate surface area is 121 Å². The van der Waals surface area contributed by atoms with Gasteiger partial charge in [0.2, 0.25) is 6.10 Å². The van der Waals surface area contributed by atoms with Crippen molar-refractivity contribution in [2.24, 2.45) is 0 Å². The number of aliphatic carboxylic acids is 3. The molecule has 0 fully saturated rings. The highest BCUT2D eigenvalue weighted by molar-refractivity contribution is 5.80.